The number of aromatic nitrogens is 2. The van der Waals surface area contributed by atoms with Gasteiger partial charge in [0.25, 0.3) is 0 Å². The maximum absolute atomic E-state index is 13.2. The van der Waals surface area contributed by atoms with Crippen LogP contribution >= 0.6 is 23.2 Å². The van der Waals surface area contributed by atoms with E-state index in [1.54, 1.807) is 24.4 Å². The summed E-state index contributed by atoms with van der Waals surface area (Å²) in [6.45, 7) is 0. The Morgan fingerprint density at radius 3 is 2.86 bits per heavy atom. The van der Waals surface area contributed by atoms with Crippen molar-refractivity contribution in [3.05, 3.63) is 59.1 Å². The van der Waals surface area contributed by atoms with Crippen LogP contribution in [0.4, 0.5) is 4.39 Å². The zero-order valence-electron chi connectivity index (χ0n) is 10.7. The van der Waals surface area contributed by atoms with E-state index in [0.717, 1.165) is 11.6 Å². The number of halogens is 3. The van der Waals surface area contributed by atoms with Crippen molar-refractivity contribution in [1.29, 1.82) is 0 Å². The lowest BCUT2D eigenvalue weighted by Gasteiger charge is -2.10. The summed E-state index contributed by atoms with van der Waals surface area (Å²) in [5, 5.41) is 1.35. The Morgan fingerprint density at radius 1 is 1.19 bits per heavy atom. The topological polar surface area (TPSA) is 35.0 Å². The first-order valence-corrected chi connectivity index (χ1v) is 7.02. The van der Waals surface area contributed by atoms with Crippen molar-refractivity contribution in [2.45, 2.75) is 5.88 Å². The first-order chi connectivity index (χ1) is 10.2. The van der Waals surface area contributed by atoms with Crippen LogP contribution in [0.3, 0.4) is 0 Å². The molecular formula is C15H9Cl2FN2O. The van der Waals surface area contributed by atoms with Crippen LogP contribution in [0.25, 0.3) is 10.9 Å². The Hall–Kier alpha value is -1.91. The Kier molecular flexibility index (Phi) is 3.90. The molecule has 0 saturated carbocycles. The number of hydrogen-bond acceptors (Lipinski definition) is 3. The third-order valence-electron chi connectivity index (χ3n) is 2.92. The predicted molar refractivity (Wildman–Crippen MR) is 80.6 cm³/mol. The number of nitrogens with zero attached hydrogens (tertiary/aromatic N) is 2. The number of benzene rings is 1. The number of hydrogen-bond donors (Lipinski definition) is 0. The van der Waals surface area contributed by atoms with E-state index in [4.69, 9.17) is 27.9 Å². The summed E-state index contributed by atoms with van der Waals surface area (Å²) >= 11 is 11.9. The zero-order valence-corrected chi connectivity index (χ0v) is 12.2. The van der Waals surface area contributed by atoms with Crippen LogP contribution in [0.2, 0.25) is 5.02 Å². The average molecular weight is 323 g/mol. The molecule has 0 saturated heterocycles. The molecule has 0 aliphatic heterocycles. The van der Waals surface area contributed by atoms with Gasteiger partial charge in [0.2, 0.25) is 5.88 Å². The van der Waals surface area contributed by atoms with E-state index in [0.29, 0.717) is 21.9 Å². The van der Waals surface area contributed by atoms with E-state index >= 15 is 0 Å². The summed E-state index contributed by atoms with van der Waals surface area (Å²) in [5.41, 5.74) is 1.08. The van der Waals surface area contributed by atoms with Gasteiger partial charge >= 0.3 is 0 Å². The highest BCUT2D eigenvalue weighted by Gasteiger charge is 2.12. The lowest BCUT2D eigenvalue weighted by atomic mass is 10.2. The van der Waals surface area contributed by atoms with Crippen LogP contribution in [0, 0.1) is 5.82 Å². The second-order valence-electron chi connectivity index (χ2n) is 4.30. The molecule has 0 fully saturated rings. The van der Waals surface area contributed by atoms with Gasteiger partial charge in [0.05, 0.1) is 17.1 Å². The van der Waals surface area contributed by atoms with E-state index in [-0.39, 0.29) is 11.8 Å². The van der Waals surface area contributed by atoms with Gasteiger partial charge < -0.3 is 4.74 Å². The molecule has 1 aromatic carbocycles. The average Bonchev–Trinajstić information content (AvgIpc) is 2.52. The van der Waals surface area contributed by atoms with E-state index < -0.39 is 5.82 Å². The summed E-state index contributed by atoms with van der Waals surface area (Å²) < 4.78 is 18.9. The van der Waals surface area contributed by atoms with Crippen LogP contribution in [-0.4, -0.2) is 9.97 Å². The maximum Gasteiger partial charge on any atom is 0.223 e. The monoisotopic (exact) mass is 322 g/mol. The van der Waals surface area contributed by atoms with E-state index in [9.17, 15) is 4.39 Å². The van der Waals surface area contributed by atoms with Crippen molar-refractivity contribution < 1.29 is 9.13 Å². The molecule has 106 valence electrons. The van der Waals surface area contributed by atoms with Crippen molar-refractivity contribution in [3.8, 4) is 11.6 Å². The third-order valence-corrected chi connectivity index (χ3v) is 3.54. The van der Waals surface area contributed by atoms with Gasteiger partial charge in [-0.3, -0.25) is 4.98 Å². The summed E-state index contributed by atoms with van der Waals surface area (Å²) in [7, 11) is 0. The molecular weight excluding hydrogens is 314 g/mol. The van der Waals surface area contributed by atoms with Crippen LogP contribution in [-0.2, 0) is 5.88 Å². The molecule has 0 N–H and O–H groups in total. The molecule has 0 radical (unpaired) electrons. The van der Waals surface area contributed by atoms with Gasteiger partial charge in [0.1, 0.15) is 11.3 Å². The van der Waals surface area contributed by atoms with Gasteiger partial charge in [-0.05, 0) is 30.3 Å². The second kappa shape index (κ2) is 5.84. The summed E-state index contributed by atoms with van der Waals surface area (Å²) in [4.78, 5) is 8.20. The summed E-state index contributed by atoms with van der Waals surface area (Å²) in [5.74, 6) is 0.372. The fraction of sp³-hybridized carbons (Fsp3) is 0.0667. The molecule has 0 atom stereocenters. The zero-order chi connectivity index (χ0) is 14.8. The normalized spacial score (nSPS) is 10.8. The molecule has 6 heteroatoms. The van der Waals surface area contributed by atoms with Crippen LogP contribution in [0.1, 0.15) is 5.56 Å². The number of fused-ring (bicyclic) bond motifs is 1. The molecule has 0 spiro atoms. The van der Waals surface area contributed by atoms with Gasteiger partial charge in [-0.1, -0.05) is 11.6 Å². The highest BCUT2D eigenvalue weighted by atomic mass is 35.5. The Bertz CT molecular complexity index is 811. The fourth-order valence-corrected chi connectivity index (χ4v) is 2.36. The quantitative estimate of drug-likeness (QED) is 0.640. The Morgan fingerprint density at radius 2 is 2.05 bits per heavy atom. The van der Waals surface area contributed by atoms with Gasteiger partial charge in [0, 0.05) is 17.1 Å². The van der Waals surface area contributed by atoms with Gasteiger partial charge in [-0.25, -0.2) is 9.37 Å². The predicted octanol–water partition coefficient (Wildman–Crippen LogP) is 4.95. The SMILES string of the molecule is Fc1cnc(Oc2ccc(Cl)c3cccnc23)c(CCl)c1. The molecule has 2 heterocycles. The van der Waals surface area contributed by atoms with E-state index in [1.807, 2.05) is 6.07 Å². The minimum absolute atomic E-state index is 0.0963. The highest BCUT2D eigenvalue weighted by molar-refractivity contribution is 6.35. The molecule has 0 aliphatic carbocycles. The van der Waals surface area contributed by atoms with Crippen molar-refractivity contribution >= 4 is 34.1 Å². The number of alkyl halides is 1. The molecule has 2 aromatic heterocycles. The lowest BCUT2D eigenvalue weighted by molar-refractivity contribution is 0.458. The first-order valence-electron chi connectivity index (χ1n) is 6.10. The molecule has 3 rings (SSSR count). The molecule has 0 aliphatic rings. The standard InChI is InChI=1S/C15H9Cl2FN2O/c16-7-9-6-10(18)8-20-15(9)21-13-4-3-12(17)11-2-1-5-19-14(11)13/h1-6,8H,7H2. The van der Waals surface area contributed by atoms with E-state index in [1.165, 1.54) is 6.07 Å². The van der Waals surface area contributed by atoms with Crippen LogP contribution in [0.5, 0.6) is 11.6 Å². The minimum Gasteiger partial charge on any atom is -0.436 e. The smallest absolute Gasteiger partial charge is 0.223 e. The van der Waals surface area contributed by atoms with Gasteiger partial charge in [-0.15, -0.1) is 11.6 Å². The van der Waals surface area contributed by atoms with Crippen LogP contribution in [0.15, 0.2) is 42.7 Å². The summed E-state index contributed by atoms with van der Waals surface area (Å²) in [6, 6.07) is 8.34. The lowest BCUT2D eigenvalue weighted by Crippen LogP contribution is -1.96. The molecule has 0 bridgehead atoms. The van der Waals surface area contributed by atoms with Crippen LogP contribution < -0.4 is 4.74 Å². The highest BCUT2D eigenvalue weighted by Crippen LogP contribution is 2.33. The first kappa shape index (κ1) is 14.0. The molecule has 0 unspecified atom stereocenters. The molecule has 3 nitrogen and oxygen atoms in total. The van der Waals surface area contributed by atoms with Crippen molar-refractivity contribution in [2.24, 2.45) is 0 Å². The molecule has 21 heavy (non-hydrogen) atoms. The van der Waals surface area contributed by atoms with E-state index in [2.05, 4.69) is 9.97 Å². The summed E-state index contributed by atoms with van der Waals surface area (Å²) in [6.07, 6.45) is 2.73. The largest absolute Gasteiger partial charge is 0.436 e. The molecule has 0 amide bonds. The number of ether oxygens (including phenoxy) is 1. The van der Waals surface area contributed by atoms with Gasteiger partial charge in [0.15, 0.2) is 5.75 Å². The fourth-order valence-electron chi connectivity index (χ4n) is 1.95. The molecule has 3 aromatic rings. The van der Waals surface area contributed by atoms with Crippen molar-refractivity contribution in [2.75, 3.05) is 0 Å². The Labute approximate surface area is 130 Å². The van der Waals surface area contributed by atoms with Crippen molar-refractivity contribution in [1.82, 2.24) is 9.97 Å². The minimum atomic E-state index is -0.461. The van der Waals surface area contributed by atoms with Gasteiger partial charge in [-0.2, -0.15) is 0 Å². The van der Waals surface area contributed by atoms with Crippen molar-refractivity contribution in [3.63, 3.8) is 0 Å². The second-order valence-corrected chi connectivity index (χ2v) is 4.97. The number of rotatable bonds is 3. The Balaban J connectivity index is 2.09. The number of pyridine rings is 2. The third kappa shape index (κ3) is 2.77. The maximum atomic E-state index is 13.2.